The molecular weight excluding hydrogens is 803 g/mol. The Kier molecular flexibility index (Phi) is 18.2. The van der Waals surface area contributed by atoms with Crippen molar-refractivity contribution in [3.8, 4) is 33.8 Å². The molecule has 4 aromatic carbocycles. The van der Waals surface area contributed by atoms with Crippen LogP contribution in [0.2, 0.25) is 0 Å². The molecule has 2 nitrogen and oxygen atoms in total. The quantitative estimate of drug-likeness (QED) is 0.125. The maximum Gasteiger partial charge on any atom is 0.130 e. The van der Waals surface area contributed by atoms with E-state index < -0.39 is 0 Å². The first-order valence-electron chi connectivity index (χ1n) is 25.9. The first-order chi connectivity index (χ1) is 30.7. The molecule has 0 aliphatic heterocycles. The van der Waals surface area contributed by atoms with E-state index in [-0.39, 0.29) is 15.8 Å². The molecule has 8 rings (SSSR count). The normalized spacial score (nSPS) is 18.6. The molecule has 0 N–H and O–H groups in total. The third kappa shape index (κ3) is 11.7. The fourth-order valence-electron chi connectivity index (χ4n) is 12.0. The van der Waals surface area contributed by atoms with Gasteiger partial charge in [-0.3, -0.25) is 0 Å². The number of hydrogen-bond acceptors (Lipinski definition) is 2. The second-order valence-corrected chi connectivity index (χ2v) is 26.1. The number of hydrogen-bond donors (Lipinski definition) is 0. The van der Waals surface area contributed by atoms with Gasteiger partial charge >= 0.3 is 0 Å². The second kappa shape index (κ2) is 23.7. The molecule has 0 unspecified atom stereocenters. The lowest BCUT2D eigenvalue weighted by molar-refractivity contribution is 0.397. The minimum Gasteiger partial charge on any atom is -0.496 e. The third-order valence-electron chi connectivity index (χ3n) is 15.3. The molecule has 4 saturated carbocycles. The minimum absolute atomic E-state index is 0.120. The Morgan fingerprint density at radius 3 is 1.05 bits per heavy atom. The monoisotopic (exact) mass is 887 g/mol. The Labute approximate surface area is 388 Å². The molecule has 0 bridgehead atoms. The summed E-state index contributed by atoms with van der Waals surface area (Å²) in [5.41, 5.74) is 13.9. The van der Waals surface area contributed by atoms with E-state index in [2.05, 4.69) is 114 Å². The Morgan fingerprint density at radius 2 is 0.730 bits per heavy atom. The fourth-order valence-corrected chi connectivity index (χ4v) is 19.9. The van der Waals surface area contributed by atoms with E-state index in [1.807, 2.05) is 6.07 Å². The summed E-state index contributed by atoms with van der Waals surface area (Å²) in [5.74, 6) is 3.48. The summed E-state index contributed by atoms with van der Waals surface area (Å²) in [7, 11) is 3.24. The van der Waals surface area contributed by atoms with Gasteiger partial charge < -0.3 is 9.47 Å². The molecule has 0 aromatic heterocycles. The third-order valence-corrected chi connectivity index (χ3v) is 22.4. The van der Waals surface area contributed by atoms with Crippen molar-refractivity contribution >= 4 is 26.5 Å². The average Bonchev–Trinajstić information content (AvgIpc) is 3.33. The Hall–Kier alpha value is -2.66. The highest BCUT2D eigenvalue weighted by Gasteiger charge is 2.36. The summed E-state index contributed by atoms with van der Waals surface area (Å²) in [5, 5.41) is 3.33. The molecule has 4 fully saturated rings. The van der Waals surface area contributed by atoms with E-state index >= 15 is 0 Å². The molecule has 0 heterocycles. The molecule has 4 aromatic rings. The fraction of sp³-hybridized carbons (Fsp3) is 0.593. The van der Waals surface area contributed by atoms with Crippen LogP contribution in [-0.4, -0.2) is 36.9 Å². The van der Waals surface area contributed by atoms with E-state index in [0.717, 1.165) is 39.7 Å². The van der Waals surface area contributed by atoms with E-state index in [4.69, 9.17) is 9.47 Å². The Morgan fingerprint density at radius 1 is 0.397 bits per heavy atom. The number of ether oxygens (including phenoxy) is 2. The van der Waals surface area contributed by atoms with Crippen LogP contribution >= 0.6 is 15.8 Å². The van der Waals surface area contributed by atoms with Crippen LogP contribution in [0.15, 0.2) is 78.9 Å². The summed E-state index contributed by atoms with van der Waals surface area (Å²) in [4.78, 5) is 0. The van der Waals surface area contributed by atoms with Crippen LogP contribution in [0, 0.1) is 0 Å². The van der Waals surface area contributed by atoms with Gasteiger partial charge in [0.2, 0.25) is 0 Å². The van der Waals surface area contributed by atoms with Gasteiger partial charge in [-0.1, -0.05) is 201 Å². The topological polar surface area (TPSA) is 18.5 Å². The van der Waals surface area contributed by atoms with Gasteiger partial charge in [0.25, 0.3) is 0 Å². The van der Waals surface area contributed by atoms with Crippen LogP contribution < -0.4 is 20.1 Å². The molecule has 4 aliphatic rings. The van der Waals surface area contributed by atoms with E-state index in [1.54, 1.807) is 47.1 Å². The zero-order chi connectivity index (χ0) is 44.3. The van der Waals surface area contributed by atoms with Crippen molar-refractivity contribution in [1.82, 2.24) is 0 Å². The van der Waals surface area contributed by atoms with Gasteiger partial charge in [0.15, 0.2) is 0 Å². The summed E-state index contributed by atoms with van der Waals surface area (Å²) >= 11 is 0. The van der Waals surface area contributed by atoms with Crippen molar-refractivity contribution in [2.75, 3.05) is 14.2 Å². The number of benzene rings is 4. The Balaban J connectivity index is 0.000000191. The van der Waals surface area contributed by atoms with Crippen LogP contribution in [0.3, 0.4) is 0 Å². The molecule has 0 atom stereocenters. The van der Waals surface area contributed by atoms with Gasteiger partial charge in [0.1, 0.15) is 11.5 Å². The second-order valence-electron chi connectivity index (χ2n) is 20.6. The Bertz CT molecular complexity index is 1920. The molecule has 4 heteroatoms. The van der Waals surface area contributed by atoms with Crippen molar-refractivity contribution in [2.45, 2.75) is 210 Å². The lowest BCUT2D eigenvalue weighted by Crippen LogP contribution is -2.27. The highest BCUT2D eigenvalue weighted by atomic mass is 31.1. The zero-order valence-electron chi connectivity index (χ0n) is 40.9. The van der Waals surface area contributed by atoms with Crippen molar-refractivity contribution in [3.05, 3.63) is 95.6 Å². The van der Waals surface area contributed by atoms with Gasteiger partial charge in [-0.05, 0) is 148 Å². The molecule has 4 aliphatic carbocycles. The first-order valence-corrected chi connectivity index (χ1v) is 28.8. The van der Waals surface area contributed by atoms with Crippen LogP contribution in [0.1, 0.15) is 204 Å². The molecule has 0 saturated heterocycles. The molecule has 0 radical (unpaired) electrons. The molecular formula is C59H84O2P2. The number of rotatable bonds is 13. The maximum absolute atomic E-state index is 5.80. The van der Waals surface area contributed by atoms with Crippen LogP contribution in [0.25, 0.3) is 22.3 Å². The first kappa shape index (κ1) is 48.3. The minimum atomic E-state index is -0.182. The molecule has 0 spiro atoms. The average molecular weight is 887 g/mol. The summed E-state index contributed by atoms with van der Waals surface area (Å²) in [6, 6.07) is 30.2. The van der Waals surface area contributed by atoms with Gasteiger partial charge in [-0.25, -0.2) is 0 Å². The van der Waals surface area contributed by atoms with Crippen molar-refractivity contribution in [2.24, 2.45) is 0 Å². The van der Waals surface area contributed by atoms with Crippen molar-refractivity contribution < 1.29 is 9.47 Å². The van der Waals surface area contributed by atoms with Crippen LogP contribution in [0.4, 0.5) is 0 Å². The largest absolute Gasteiger partial charge is 0.496 e. The lowest BCUT2D eigenvalue weighted by atomic mass is 9.82. The molecule has 342 valence electrons. The lowest BCUT2D eigenvalue weighted by Gasteiger charge is -2.40. The van der Waals surface area contributed by atoms with E-state index in [0.29, 0.717) is 17.8 Å². The molecule has 63 heavy (non-hydrogen) atoms. The zero-order valence-corrected chi connectivity index (χ0v) is 42.7. The molecule has 0 amide bonds. The predicted molar refractivity (Wildman–Crippen MR) is 280 cm³/mol. The van der Waals surface area contributed by atoms with Crippen molar-refractivity contribution in [3.63, 3.8) is 0 Å². The van der Waals surface area contributed by atoms with Gasteiger partial charge in [-0.2, -0.15) is 0 Å². The SMILES string of the molecule is CC(C)c1cc(C(C)C)c(-c2ccccc2P(C2CCCCC2)C2CCCCC2)c(C(C)C)c1.COc1cccc(OC)c1-c1ccccc1P(C1CCCCC1)C1CCCCC1. The van der Waals surface area contributed by atoms with Gasteiger partial charge in [0.05, 0.1) is 19.8 Å². The van der Waals surface area contributed by atoms with Gasteiger partial charge in [0, 0.05) is 0 Å². The van der Waals surface area contributed by atoms with E-state index in [9.17, 15) is 0 Å². The van der Waals surface area contributed by atoms with Crippen LogP contribution in [-0.2, 0) is 0 Å². The van der Waals surface area contributed by atoms with Crippen LogP contribution in [0.5, 0.6) is 11.5 Å². The number of methoxy groups -OCH3 is 2. The smallest absolute Gasteiger partial charge is 0.130 e. The summed E-state index contributed by atoms with van der Waals surface area (Å²) in [6.45, 7) is 14.3. The summed E-state index contributed by atoms with van der Waals surface area (Å²) < 4.78 is 11.6. The maximum atomic E-state index is 5.80. The highest BCUT2D eigenvalue weighted by molar-refractivity contribution is 7.67. The highest BCUT2D eigenvalue weighted by Crippen LogP contribution is 2.58. The van der Waals surface area contributed by atoms with E-state index in [1.165, 1.54) is 140 Å². The summed E-state index contributed by atoms with van der Waals surface area (Å²) in [6.07, 6.45) is 28.8. The predicted octanol–water partition coefficient (Wildman–Crippen LogP) is 17.6. The van der Waals surface area contributed by atoms with Crippen molar-refractivity contribution in [1.29, 1.82) is 0 Å². The van der Waals surface area contributed by atoms with Gasteiger partial charge in [-0.15, -0.1) is 0 Å². The standard InChI is InChI=1S/C33H49P.C26H35O2P/c1-23(2)26-21-30(24(3)4)33(31(22-26)25(5)6)29-19-13-14-20-32(29)34(27-15-9-7-10-16-27)28-17-11-8-12-18-28;1-27-23-17-11-18-24(28-2)26(23)22-16-9-10-19-25(22)29(20-12-5-3-6-13-20)21-14-7-4-8-15-21/h13-14,19-25,27-28H,7-12,15-18H2,1-6H3;9-11,16-21H,3-8,12-15H2,1-2H3.